The first-order chi connectivity index (χ1) is 14.1. The van der Waals surface area contributed by atoms with Crippen LogP contribution in [0.4, 0.5) is 0 Å². The van der Waals surface area contributed by atoms with Crippen LogP contribution in [-0.4, -0.2) is 78.1 Å². The molecule has 1 unspecified atom stereocenters. The van der Waals surface area contributed by atoms with E-state index in [0.717, 1.165) is 76.3 Å². The van der Waals surface area contributed by atoms with Crippen molar-refractivity contribution in [1.82, 2.24) is 30.3 Å². The van der Waals surface area contributed by atoms with Crippen molar-refractivity contribution in [2.75, 3.05) is 46.4 Å². The number of methoxy groups -OCH3 is 1. The first-order valence-electron chi connectivity index (χ1n) is 11.3. The van der Waals surface area contributed by atoms with Gasteiger partial charge >= 0.3 is 0 Å². The third-order valence-corrected chi connectivity index (χ3v) is 5.90. The normalized spacial score (nSPS) is 20.7. The molecule has 1 aromatic rings. The molecular formula is C21H40IN7O. The molecule has 1 atom stereocenters. The van der Waals surface area contributed by atoms with Crippen molar-refractivity contribution in [3.05, 3.63) is 11.6 Å². The number of aliphatic imine (C=N–C) groups is 1. The molecule has 0 aromatic carbocycles. The topological polar surface area (TPSA) is 79.6 Å². The van der Waals surface area contributed by atoms with Crippen molar-refractivity contribution in [3.8, 4) is 0 Å². The number of likely N-dealkylation sites (tertiary alicyclic amines) is 1. The van der Waals surface area contributed by atoms with Crippen molar-refractivity contribution in [3.63, 3.8) is 0 Å². The fourth-order valence-corrected chi connectivity index (χ4v) is 4.04. The van der Waals surface area contributed by atoms with E-state index in [1.54, 1.807) is 7.11 Å². The molecule has 0 amide bonds. The van der Waals surface area contributed by atoms with Crippen molar-refractivity contribution < 1.29 is 4.74 Å². The highest BCUT2D eigenvalue weighted by Crippen LogP contribution is 2.18. The minimum absolute atomic E-state index is 0. The zero-order valence-corrected chi connectivity index (χ0v) is 21.4. The zero-order valence-electron chi connectivity index (χ0n) is 19.1. The molecule has 8 nitrogen and oxygen atoms in total. The van der Waals surface area contributed by atoms with E-state index < -0.39 is 0 Å². The Balaban J connectivity index is 0.00000320. The second-order valence-electron chi connectivity index (χ2n) is 8.60. The summed E-state index contributed by atoms with van der Waals surface area (Å²) in [6.07, 6.45) is 4.47. The van der Waals surface area contributed by atoms with Crippen molar-refractivity contribution in [2.24, 2.45) is 10.9 Å². The van der Waals surface area contributed by atoms with Crippen LogP contribution in [0.2, 0.25) is 0 Å². The molecule has 3 heterocycles. The number of guanidine groups is 1. The summed E-state index contributed by atoms with van der Waals surface area (Å²) in [6, 6.07) is 0.345. The van der Waals surface area contributed by atoms with Crippen molar-refractivity contribution >= 4 is 29.9 Å². The maximum absolute atomic E-state index is 5.19. The lowest BCUT2D eigenvalue weighted by Crippen LogP contribution is -2.47. The van der Waals surface area contributed by atoms with Crippen molar-refractivity contribution in [1.29, 1.82) is 0 Å². The second-order valence-corrected chi connectivity index (χ2v) is 8.60. The zero-order chi connectivity index (χ0) is 20.6. The number of halogens is 1. The summed E-state index contributed by atoms with van der Waals surface area (Å²) < 4.78 is 7.27. The van der Waals surface area contributed by atoms with Gasteiger partial charge in [0.1, 0.15) is 5.82 Å². The van der Waals surface area contributed by atoms with Gasteiger partial charge in [0.15, 0.2) is 11.8 Å². The van der Waals surface area contributed by atoms with Crippen LogP contribution >= 0.6 is 24.0 Å². The molecule has 0 bridgehead atoms. The Kier molecular flexibility index (Phi) is 10.8. The lowest BCUT2D eigenvalue weighted by molar-refractivity contribution is 0.121. The van der Waals surface area contributed by atoms with Gasteiger partial charge in [-0.05, 0) is 45.2 Å². The van der Waals surface area contributed by atoms with Crippen LogP contribution in [0, 0.1) is 5.92 Å². The van der Waals surface area contributed by atoms with Crippen LogP contribution in [0.15, 0.2) is 4.99 Å². The Morgan fingerprint density at radius 1 is 1.27 bits per heavy atom. The van der Waals surface area contributed by atoms with Crippen LogP contribution in [0.3, 0.4) is 0 Å². The van der Waals surface area contributed by atoms with Crippen LogP contribution in [0.25, 0.3) is 0 Å². The average Bonchev–Trinajstić information content (AvgIpc) is 3.15. The first-order valence-corrected chi connectivity index (χ1v) is 11.3. The summed E-state index contributed by atoms with van der Waals surface area (Å²) >= 11 is 0. The summed E-state index contributed by atoms with van der Waals surface area (Å²) in [5, 5.41) is 11.7. The number of hydrogen-bond donors (Lipinski definition) is 2. The van der Waals surface area contributed by atoms with E-state index in [4.69, 9.17) is 14.8 Å². The third-order valence-electron chi connectivity index (χ3n) is 5.90. The van der Waals surface area contributed by atoms with Gasteiger partial charge in [0.05, 0.1) is 13.2 Å². The lowest BCUT2D eigenvalue weighted by atomic mass is 9.97. The summed E-state index contributed by atoms with van der Waals surface area (Å²) in [5.74, 6) is 4.06. The molecule has 1 fully saturated rings. The Morgan fingerprint density at radius 3 is 2.70 bits per heavy atom. The molecule has 0 aliphatic carbocycles. The summed E-state index contributed by atoms with van der Waals surface area (Å²) in [7, 11) is 1.77. The lowest BCUT2D eigenvalue weighted by Gasteiger charge is -2.31. The molecule has 2 aliphatic rings. The number of rotatable bonds is 8. The van der Waals surface area contributed by atoms with E-state index in [1.807, 2.05) is 0 Å². The van der Waals surface area contributed by atoms with E-state index in [1.165, 1.54) is 12.8 Å². The number of nitrogens with one attached hydrogen (secondary N) is 2. The van der Waals surface area contributed by atoms with Crippen LogP contribution < -0.4 is 10.6 Å². The van der Waals surface area contributed by atoms with E-state index in [2.05, 4.69) is 46.0 Å². The van der Waals surface area contributed by atoms with Gasteiger partial charge in [0.2, 0.25) is 0 Å². The summed E-state index contributed by atoms with van der Waals surface area (Å²) in [6.45, 7) is 13.2. The van der Waals surface area contributed by atoms with Crippen LogP contribution in [0.1, 0.15) is 57.6 Å². The molecular weight excluding hydrogens is 493 g/mol. The Hall–Kier alpha value is -0.940. The number of nitrogens with zero attached hydrogens (tertiary/aromatic N) is 5. The number of aryl methyl sites for hydroxylation is 1. The standard InChI is InChI=1S/C21H39N7O.HI/c1-5-22-21(23-14-17-8-10-27(11-9-17)12-13-29-4)24-18-6-7-19-25-20(16(2)3)26-28(19)15-18;/h16-18H,5-15H2,1-4H3,(H2,22,23,24);1H. The Bertz CT molecular complexity index is 656. The largest absolute Gasteiger partial charge is 0.383 e. The van der Waals surface area contributed by atoms with Crippen LogP contribution in [0.5, 0.6) is 0 Å². The van der Waals surface area contributed by atoms with Gasteiger partial charge in [-0.25, -0.2) is 9.67 Å². The molecule has 0 saturated carbocycles. The SMILES string of the molecule is CCNC(=NCC1CCN(CCOC)CC1)NC1CCc2nc(C(C)C)nn2C1.I. The molecule has 2 N–H and O–H groups in total. The highest BCUT2D eigenvalue weighted by molar-refractivity contribution is 14.0. The quantitative estimate of drug-likeness (QED) is 0.303. The van der Waals surface area contributed by atoms with Gasteiger partial charge < -0.3 is 20.3 Å². The van der Waals surface area contributed by atoms with Gasteiger partial charge in [0, 0.05) is 45.1 Å². The van der Waals surface area contributed by atoms with E-state index in [0.29, 0.717) is 17.9 Å². The van der Waals surface area contributed by atoms with Gasteiger partial charge in [-0.3, -0.25) is 4.99 Å². The number of hydrogen-bond acceptors (Lipinski definition) is 5. The van der Waals surface area contributed by atoms with Gasteiger partial charge in [-0.2, -0.15) is 5.10 Å². The molecule has 9 heteroatoms. The van der Waals surface area contributed by atoms with E-state index in [-0.39, 0.29) is 24.0 Å². The Morgan fingerprint density at radius 2 is 2.03 bits per heavy atom. The smallest absolute Gasteiger partial charge is 0.191 e. The maximum atomic E-state index is 5.19. The van der Waals surface area contributed by atoms with E-state index >= 15 is 0 Å². The molecule has 0 spiro atoms. The van der Waals surface area contributed by atoms with Gasteiger partial charge in [-0.15, -0.1) is 24.0 Å². The number of fused-ring (bicyclic) bond motifs is 1. The van der Waals surface area contributed by atoms with Crippen LogP contribution in [-0.2, 0) is 17.7 Å². The number of piperidine rings is 1. The molecule has 1 saturated heterocycles. The molecule has 172 valence electrons. The number of aromatic nitrogens is 3. The van der Waals surface area contributed by atoms with Crippen molar-refractivity contribution in [2.45, 2.75) is 65.0 Å². The first kappa shape index (κ1) is 25.3. The molecule has 1 aromatic heterocycles. The predicted octanol–water partition coefficient (Wildman–Crippen LogP) is 2.25. The fourth-order valence-electron chi connectivity index (χ4n) is 4.04. The number of ether oxygens (including phenoxy) is 1. The minimum atomic E-state index is 0. The molecule has 2 aliphatic heterocycles. The molecule has 3 rings (SSSR count). The highest BCUT2D eigenvalue weighted by Gasteiger charge is 2.23. The average molecular weight is 534 g/mol. The second kappa shape index (κ2) is 12.8. The monoisotopic (exact) mass is 533 g/mol. The molecule has 0 radical (unpaired) electrons. The summed E-state index contributed by atoms with van der Waals surface area (Å²) in [4.78, 5) is 12.1. The highest BCUT2D eigenvalue weighted by atomic mass is 127. The fraction of sp³-hybridized carbons (Fsp3) is 0.857. The minimum Gasteiger partial charge on any atom is -0.383 e. The summed E-state index contributed by atoms with van der Waals surface area (Å²) in [5.41, 5.74) is 0. The molecule has 30 heavy (non-hydrogen) atoms. The Labute approximate surface area is 198 Å². The van der Waals surface area contributed by atoms with Gasteiger partial charge in [0.25, 0.3) is 0 Å². The van der Waals surface area contributed by atoms with Gasteiger partial charge in [-0.1, -0.05) is 13.8 Å². The predicted molar refractivity (Wildman–Crippen MR) is 132 cm³/mol. The maximum Gasteiger partial charge on any atom is 0.191 e. The van der Waals surface area contributed by atoms with E-state index in [9.17, 15) is 0 Å². The third kappa shape index (κ3) is 7.33.